The molecule has 0 amide bonds. The molecule has 0 aliphatic carbocycles. The molecule has 1 aromatic heterocycles. The van der Waals surface area contributed by atoms with Crippen molar-refractivity contribution in [1.29, 1.82) is 0 Å². The quantitative estimate of drug-likeness (QED) is 0.667. The van der Waals surface area contributed by atoms with Gasteiger partial charge in [-0.3, -0.25) is 4.99 Å². The lowest BCUT2D eigenvalue weighted by Gasteiger charge is -2.23. The van der Waals surface area contributed by atoms with E-state index in [1.54, 1.807) is 12.3 Å². The maximum absolute atomic E-state index is 13.6. The number of benzene rings is 2. The lowest BCUT2D eigenvalue weighted by molar-refractivity contribution is 0.315. The summed E-state index contributed by atoms with van der Waals surface area (Å²) in [6.07, 6.45) is 2.75. The van der Waals surface area contributed by atoms with Gasteiger partial charge in [0.25, 0.3) is 0 Å². The highest BCUT2D eigenvalue weighted by molar-refractivity contribution is 6.02. The Bertz CT molecular complexity index is 1040. The van der Waals surface area contributed by atoms with Gasteiger partial charge >= 0.3 is 0 Å². The Labute approximate surface area is 164 Å². The van der Waals surface area contributed by atoms with E-state index in [-0.39, 0.29) is 11.7 Å². The first-order chi connectivity index (χ1) is 13.4. The average molecular weight is 380 g/mol. The Morgan fingerprint density at radius 1 is 1.25 bits per heavy atom. The van der Waals surface area contributed by atoms with Gasteiger partial charge < -0.3 is 19.9 Å². The second-order valence-electron chi connectivity index (χ2n) is 7.66. The molecule has 1 aliphatic heterocycles. The van der Waals surface area contributed by atoms with E-state index in [1.807, 2.05) is 12.1 Å². The van der Waals surface area contributed by atoms with E-state index < -0.39 is 0 Å². The summed E-state index contributed by atoms with van der Waals surface area (Å²) in [6.45, 7) is 4.18. The number of aromatic amines is 1. The van der Waals surface area contributed by atoms with Crippen LogP contribution in [0.2, 0.25) is 0 Å². The largest absolute Gasteiger partial charge is 0.494 e. The van der Waals surface area contributed by atoms with Crippen molar-refractivity contribution in [3.05, 3.63) is 53.3 Å². The molecule has 1 fully saturated rings. The van der Waals surface area contributed by atoms with E-state index in [2.05, 4.69) is 46.9 Å². The minimum Gasteiger partial charge on any atom is -0.494 e. The van der Waals surface area contributed by atoms with Crippen molar-refractivity contribution >= 4 is 28.5 Å². The van der Waals surface area contributed by atoms with Crippen LogP contribution in [0.15, 0.2) is 41.4 Å². The third-order valence-electron chi connectivity index (χ3n) is 5.54. The van der Waals surface area contributed by atoms with Crippen molar-refractivity contribution in [1.82, 2.24) is 9.88 Å². The van der Waals surface area contributed by atoms with Crippen LogP contribution in [-0.4, -0.2) is 54.4 Å². The van der Waals surface area contributed by atoms with Gasteiger partial charge in [0.05, 0.1) is 11.3 Å². The number of likely N-dealkylation sites (N-methyl/N-ethyl adjacent to an activating group) is 1. The number of aromatic nitrogens is 1. The highest BCUT2D eigenvalue weighted by atomic mass is 19.1. The van der Waals surface area contributed by atoms with Crippen LogP contribution in [-0.2, 0) is 0 Å². The Kier molecular flexibility index (Phi) is 4.81. The molecule has 1 atom stereocenters. The number of aryl methyl sites for hydroxylation is 1. The fraction of sp³-hybridized carbons (Fsp3) is 0.318. The molecule has 3 aromatic rings. The van der Waals surface area contributed by atoms with Crippen LogP contribution in [0.5, 0.6) is 5.88 Å². The second-order valence-corrected chi connectivity index (χ2v) is 7.66. The monoisotopic (exact) mass is 380 g/mol. The molecular formula is C22H25FN4O. The molecule has 28 heavy (non-hydrogen) atoms. The van der Waals surface area contributed by atoms with E-state index in [9.17, 15) is 9.50 Å². The molecule has 0 radical (unpaired) electrons. The zero-order chi connectivity index (χ0) is 19.8. The summed E-state index contributed by atoms with van der Waals surface area (Å²) in [6, 6.07) is 11.1. The third-order valence-corrected chi connectivity index (χ3v) is 5.54. The van der Waals surface area contributed by atoms with Gasteiger partial charge in [0, 0.05) is 41.9 Å². The number of hydrogen-bond donors (Lipinski definition) is 2. The van der Waals surface area contributed by atoms with Gasteiger partial charge in [-0.2, -0.15) is 0 Å². The fourth-order valence-corrected chi connectivity index (χ4v) is 3.90. The maximum Gasteiger partial charge on any atom is 0.198 e. The van der Waals surface area contributed by atoms with Crippen LogP contribution in [0.25, 0.3) is 10.9 Å². The number of aromatic hydroxyl groups is 1. The molecule has 2 aromatic carbocycles. The van der Waals surface area contributed by atoms with E-state index in [1.165, 1.54) is 29.8 Å². The van der Waals surface area contributed by atoms with Crippen molar-refractivity contribution in [3.63, 3.8) is 0 Å². The minimum absolute atomic E-state index is 0.00974. The zero-order valence-electron chi connectivity index (χ0n) is 16.4. The van der Waals surface area contributed by atoms with Crippen molar-refractivity contribution < 1.29 is 9.50 Å². The van der Waals surface area contributed by atoms with Gasteiger partial charge in [-0.1, -0.05) is 0 Å². The van der Waals surface area contributed by atoms with Crippen LogP contribution in [0.1, 0.15) is 17.5 Å². The Morgan fingerprint density at radius 2 is 2.07 bits per heavy atom. The smallest absolute Gasteiger partial charge is 0.198 e. The van der Waals surface area contributed by atoms with Gasteiger partial charge in [-0.05, 0) is 69.4 Å². The number of fused-ring (bicyclic) bond motifs is 1. The lowest BCUT2D eigenvalue weighted by atomic mass is 10.1. The standard InChI is InChI=1S/C22H25FN4O/c1-14-10-16(5-7-21(14)27-9-8-17(13-27)26(2)3)24-12-19-18-11-15(23)4-6-20(18)25-22(19)28/h4-7,10-12,17,25,28H,8-9,13H2,1-3H3. The van der Waals surface area contributed by atoms with E-state index in [0.717, 1.165) is 18.8 Å². The van der Waals surface area contributed by atoms with Crippen molar-refractivity contribution in [3.8, 4) is 5.88 Å². The predicted molar refractivity (Wildman–Crippen MR) is 113 cm³/mol. The summed E-state index contributed by atoms with van der Waals surface area (Å²) in [7, 11) is 4.26. The first-order valence-corrected chi connectivity index (χ1v) is 9.48. The summed E-state index contributed by atoms with van der Waals surface area (Å²) in [4.78, 5) is 12.1. The summed E-state index contributed by atoms with van der Waals surface area (Å²) < 4.78 is 13.6. The molecular weight excluding hydrogens is 355 g/mol. The third kappa shape index (κ3) is 3.47. The lowest BCUT2D eigenvalue weighted by Crippen LogP contribution is -2.31. The normalized spacial score (nSPS) is 17.5. The van der Waals surface area contributed by atoms with Crippen LogP contribution in [0, 0.1) is 12.7 Å². The Morgan fingerprint density at radius 3 is 2.79 bits per heavy atom. The molecule has 0 spiro atoms. The molecule has 4 rings (SSSR count). The molecule has 6 heteroatoms. The molecule has 5 nitrogen and oxygen atoms in total. The molecule has 1 aliphatic rings. The molecule has 146 valence electrons. The van der Waals surface area contributed by atoms with Gasteiger partial charge in [0.1, 0.15) is 5.82 Å². The highest BCUT2D eigenvalue weighted by Crippen LogP contribution is 2.30. The number of nitrogens with one attached hydrogen (secondary N) is 1. The summed E-state index contributed by atoms with van der Waals surface area (Å²) in [5.74, 6) is -0.354. The number of anilines is 1. The zero-order valence-corrected chi connectivity index (χ0v) is 16.4. The summed E-state index contributed by atoms with van der Waals surface area (Å²) in [5, 5.41) is 10.7. The van der Waals surface area contributed by atoms with E-state index in [0.29, 0.717) is 22.5 Å². The van der Waals surface area contributed by atoms with Crippen LogP contribution in [0.3, 0.4) is 0 Å². The highest BCUT2D eigenvalue weighted by Gasteiger charge is 2.24. The number of nitrogens with zero attached hydrogens (tertiary/aromatic N) is 3. The van der Waals surface area contributed by atoms with Crippen LogP contribution < -0.4 is 4.90 Å². The fourth-order valence-electron chi connectivity index (χ4n) is 3.90. The number of H-pyrrole nitrogens is 1. The maximum atomic E-state index is 13.6. The molecule has 0 bridgehead atoms. The molecule has 0 saturated carbocycles. The SMILES string of the molecule is Cc1cc(N=Cc2c(O)[nH]c3ccc(F)cc23)ccc1N1CCC(N(C)C)C1. The predicted octanol–water partition coefficient (Wildman–Crippen LogP) is 4.21. The van der Waals surface area contributed by atoms with Crippen molar-refractivity contribution in [2.45, 2.75) is 19.4 Å². The van der Waals surface area contributed by atoms with Crippen molar-refractivity contribution in [2.24, 2.45) is 4.99 Å². The Balaban J connectivity index is 1.57. The summed E-state index contributed by atoms with van der Waals surface area (Å²) in [5.41, 5.74) is 4.37. The first kappa shape index (κ1) is 18.5. The number of hydrogen-bond acceptors (Lipinski definition) is 4. The number of aliphatic imine (C=N–C) groups is 1. The molecule has 1 saturated heterocycles. The van der Waals surface area contributed by atoms with Crippen LogP contribution in [0.4, 0.5) is 15.8 Å². The molecule has 2 N–H and O–H groups in total. The van der Waals surface area contributed by atoms with Crippen LogP contribution >= 0.6 is 0 Å². The molecule has 1 unspecified atom stereocenters. The minimum atomic E-state index is -0.344. The van der Waals surface area contributed by atoms with E-state index in [4.69, 9.17) is 0 Å². The van der Waals surface area contributed by atoms with Gasteiger partial charge in [-0.15, -0.1) is 0 Å². The average Bonchev–Trinajstić information content (AvgIpc) is 3.25. The second kappa shape index (κ2) is 7.28. The van der Waals surface area contributed by atoms with Gasteiger partial charge in [0.15, 0.2) is 5.88 Å². The van der Waals surface area contributed by atoms with Crippen molar-refractivity contribution in [2.75, 3.05) is 32.1 Å². The topological polar surface area (TPSA) is 54.9 Å². The first-order valence-electron chi connectivity index (χ1n) is 9.48. The van der Waals surface area contributed by atoms with Gasteiger partial charge in [-0.25, -0.2) is 4.39 Å². The summed E-state index contributed by atoms with van der Waals surface area (Å²) >= 11 is 0. The number of halogens is 1. The molecule has 2 heterocycles. The Hall–Kier alpha value is -2.86. The van der Waals surface area contributed by atoms with E-state index >= 15 is 0 Å². The number of rotatable bonds is 4. The van der Waals surface area contributed by atoms with Gasteiger partial charge in [0.2, 0.25) is 0 Å².